The molecule has 1 aromatic carbocycles. The van der Waals surface area contributed by atoms with Crippen LogP contribution in [0.5, 0.6) is 0 Å². The first-order valence-electron chi connectivity index (χ1n) is 11.2. The molecule has 1 aromatic heterocycles. The lowest BCUT2D eigenvalue weighted by molar-refractivity contribution is 0.0304. The fourth-order valence-corrected chi connectivity index (χ4v) is 5.90. The molecule has 0 unspecified atom stereocenters. The molecular formula is C22H31N5O4S. The first-order valence-corrected chi connectivity index (χ1v) is 12.6. The average Bonchev–Trinajstić information content (AvgIpc) is 2.84. The Balaban J connectivity index is 1.58. The molecule has 0 N–H and O–H groups in total. The number of hydrogen-bond acceptors (Lipinski definition) is 6. The van der Waals surface area contributed by atoms with Gasteiger partial charge in [-0.1, -0.05) is 32.0 Å². The summed E-state index contributed by atoms with van der Waals surface area (Å²) >= 11 is 0. The topological polar surface area (TPSA) is 86.3 Å². The van der Waals surface area contributed by atoms with Gasteiger partial charge in [0.15, 0.2) is 0 Å². The Morgan fingerprint density at radius 2 is 1.69 bits per heavy atom. The third-order valence-electron chi connectivity index (χ3n) is 6.15. The van der Waals surface area contributed by atoms with E-state index in [0.717, 1.165) is 10.9 Å². The van der Waals surface area contributed by atoms with E-state index in [1.54, 1.807) is 0 Å². The van der Waals surface area contributed by atoms with E-state index in [4.69, 9.17) is 9.72 Å². The highest BCUT2D eigenvalue weighted by atomic mass is 32.2. The van der Waals surface area contributed by atoms with Gasteiger partial charge in [0.05, 0.1) is 24.3 Å². The fourth-order valence-electron chi connectivity index (χ4n) is 4.30. The van der Waals surface area contributed by atoms with E-state index < -0.39 is 10.2 Å². The van der Waals surface area contributed by atoms with Crippen molar-refractivity contribution in [1.82, 2.24) is 18.5 Å². The quantitative estimate of drug-likeness (QED) is 0.647. The van der Waals surface area contributed by atoms with Crippen molar-refractivity contribution in [2.45, 2.75) is 13.8 Å². The van der Waals surface area contributed by atoms with Crippen molar-refractivity contribution >= 4 is 32.8 Å². The van der Waals surface area contributed by atoms with Gasteiger partial charge in [-0.3, -0.25) is 4.79 Å². The van der Waals surface area contributed by atoms with Crippen molar-refractivity contribution < 1.29 is 17.9 Å². The van der Waals surface area contributed by atoms with Crippen molar-refractivity contribution in [2.24, 2.45) is 0 Å². The van der Waals surface area contributed by atoms with Crippen LogP contribution in [0.15, 0.2) is 30.3 Å². The maximum atomic E-state index is 13.3. The van der Waals surface area contributed by atoms with Gasteiger partial charge in [0.25, 0.3) is 16.1 Å². The van der Waals surface area contributed by atoms with Crippen LogP contribution < -0.4 is 4.90 Å². The standard InChI is InChI=1S/C22H31N5O4S/c1-3-26(4-2)32(29,30)27-11-9-24(10-12-27)21-17-19(18-7-5-6-8-20(18)23-21)22(28)25-13-15-31-16-14-25/h5-8,17H,3-4,9-16H2,1-2H3. The zero-order chi connectivity index (χ0) is 22.7. The number of ether oxygens (including phenoxy) is 1. The number of amides is 1. The number of carbonyl (C=O) groups is 1. The Labute approximate surface area is 189 Å². The normalized spacial score (nSPS) is 18.5. The molecule has 2 fully saturated rings. The van der Waals surface area contributed by atoms with Crippen LogP contribution in [0, 0.1) is 0 Å². The first-order chi connectivity index (χ1) is 15.5. The molecule has 0 radical (unpaired) electrons. The second kappa shape index (κ2) is 9.70. The number of piperazine rings is 1. The highest BCUT2D eigenvalue weighted by Gasteiger charge is 2.31. The number of pyridine rings is 1. The molecule has 3 heterocycles. The molecule has 10 heteroatoms. The molecule has 174 valence electrons. The van der Waals surface area contributed by atoms with E-state index in [9.17, 15) is 13.2 Å². The summed E-state index contributed by atoms with van der Waals surface area (Å²) in [7, 11) is -3.45. The summed E-state index contributed by atoms with van der Waals surface area (Å²) in [6.07, 6.45) is 0. The average molecular weight is 462 g/mol. The minimum atomic E-state index is -3.45. The highest BCUT2D eigenvalue weighted by molar-refractivity contribution is 7.86. The second-order valence-electron chi connectivity index (χ2n) is 7.93. The molecule has 2 aliphatic rings. The van der Waals surface area contributed by atoms with E-state index in [2.05, 4.69) is 4.90 Å². The van der Waals surface area contributed by atoms with Crippen LogP contribution in [0.1, 0.15) is 24.2 Å². The smallest absolute Gasteiger partial charge is 0.282 e. The van der Waals surface area contributed by atoms with Gasteiger partial charge < -0.3 is 14.5 Å². The van der Waals surface area contributed by atoms with Crippen LogP contribution >= 0.6 is 0 Å². The zero-order valence-electron chi connectivity index (χ0n) is 18.7. The Morgan fingerprint density at radius 1 is 1.03 bits per heavy atom. The number of benzene rings is 1. The number of aromatic nitrogens is 1. The number of rotatable bonds is 6. The van der Waals surface area contributed by atoms with Crippen molar-refractivity contribution in [1.29, 1.82) is 0 Å². The number of hydrogen-bond donors (Lipinski definition) is 0. The molecule has 0 bridgehead atoms. The van der Waals surface area contributed by atoms with Gasteiger partial charge in [0.2, 0.25) is 0 Å². The molecule has 2 aromatic rings. The number of carbonyl (C=O) groups excluding carboxylic acids is 1. The minimum absolute atomic E-state index is 0.0177. The van der Waals surface area contributed by atoms with Gasteiger partial charge in [-0.15, -0.1) is 0 Å². The lowest BCUT2D eigenvalue weighted by atomic mass is 10.1. The molecule has 1 amide bonds. The number of anilines is 1. The summed E-state index contributed by atoms with van der Waals surface area (Å²) in [4.78, 5) is 22.0. The van der Waals surface area contributed by atoms with E-state index in [0.29, 0.717) is 77.0 Å². The van der Waals surface area contributed by atoms with Crippen molar-refractivity contribution in [3.05, 3.63) is 35.9 Å². The molecular weight excluding hydrogens is 430 g/mol. The van der Waals surface area contributed by atoms with E-state index in [1.807, 2.05) is 49.1 Å². The minimum Gasteiger partial charge on any atom is -0.378 e. The lowest BCUT2D eigenvalue weighted by Gasteiger charge is -2.37. The van der Waals surface area contributed by atoms with E-state index in [1.165, 1.54) is 8.61 Å². The maximum absolute atomic E-state index is 13.3. The number of para-hydroxylation sites is 1. The molecule has 0 saturated carbocycles. The van der Waals surface area contributed by atoms with E-state index >= 15 is 0 Å². The van der Waals surface area contributed by atoms with Gasteiger partial charge in [0.1, 0.15) is 5.82 Å². The first kappa shape index (κ1) is 22.9. The molecule has 4 rings (SSSR count). The van der Waals surface area contributed by atoms with E-state index in [-0.39, 0.29) is 5.91 Å². The summed E-state index contributed by atoms with van der Waals surface area (Å²) in [6.45, 7) is 8.69. The van der Waals surface area contributed by atoms with Crippen LogP contribution in [0.25, 0.3) is 10.9 Å². The molecule has 0 spiro atoms. The second-order valence-corrected chi connectivity index (χ2v) is 9.86. The zero-order valence-corrected chi connectivity index (χ0v) is 19.6. The summed E-state index contributed by atoms with van der Waals surface area (Å²) in [5.41, 5.74) is 1.39. The van der Waals surface area contributed by atoms with Crippen LogP contribution in [0.3, 0.4) is 0 Å². The van der Waals surface area contributed by atoms with Gasteiger partial charge in [-0.25, -0.2) is 4.98 Å². The largest absolute Gasteiger partial charge is 0.378 e. The van der Waals surface area contributed by atoms with Gasteiger partial charge in [0, 0.05) is 57.7 Å². The molecule has 2 saturated heterocycles. The summed E-state index contributed by atoms with van der Waals surface area (Å²) in [5, 5.41) is 0.829. The highest BCUT2D eigenvalue weighted by Crippen LogP contribution is 2.26. The Bertz CT molecular complexity index is 1060. The van der Waals surface area contributed by atoms with Crippen molar-refractivity contribution in [3.63, 3.8) is 0 Å². The van der Waals surface area contributed by atoms with Gasteiger partial charge in [-0.05, 0) is 12.1 Å². The number of nitrogens with zero attached hydrogens (tertiary/aromatic N) is 5. The van der Waals surface area contributed by atoms with Crippen LogP contribution in [0.2, 0.25) is 0 Å². The lowest BCUT2D eigenvalue weighted by Crippen LogP contribution is -2.53. The SMILES string of the molecule is CCN(CC)S(=O)(=O)N1CCN(c2cc(C(=O)N3CCOCC3)c3ccccc3n2)CC1. The summed E-state index contributed by atoms with van der Waals surface area (Å²) in [5.74, 6) is 0.691. The number of fused-ring (bicyclic) bond motifs is 1. The van der Waals surface area contributed by atoms with Crippen molar-refractivity contribution in [2.75, 3.05) is 70.5 Å². The summed E-state index contributed by atoms with van der Waals surface area (Å²) in [6, 6.07) is 9.52. The van der Waals surface area contributed by atoms with Crippen LogP contribution in [-0.4, -0.2) is 98.4 Å². The maximum Gasteiger partial charge on any atom is 0.282 e. The Hall–Kier alpha value is -2.27. The Kier molecular flexibility index (Phi) is 6.94. The molecule has 9 nitrogen and oxygen atoms in total. The fraction of sp³-hybridized carbons (Fsp3) is 0.545. The molecule has 32 heavy (non-hydrogen) atoms. The van der Waals surface area contributed by atoms with Crippen molar-refractivity contribution in [3.8, 4) is 0 Å². The van der Waals surface area contributed by atoms with Crippen LogP contribution in [-0.2, 0) is 14.9 Å². The van der Waals surface area contributed by atoms with Gasteiger partial charge in [-0.2, -0.15) is 17.0 Å². The number of morpholine rings is 1. The molecule has 0 aliphatic carbocycles. The molecule has 0 atom stereocenters. The summed E-state index contributed by atoms with van der Waals surface area (Å²) < 4.78 is 34.1. The third-order valence-corrected chi connectivity index (χ3v) is 8.34. The van der Waals surface area contributed by atoms with Crippen LogP contribution in [0.4, 0.5) is 5.82 Å². The monoisotopic (exact) mass is 461 g/mol. The predicted molar refractivity (Wildman–Crippen MR) is 124 cm³/mol. The van der Waals surface area contributed by atoms with Gasteiger partial charge >= 0.3 is 0 Å². The third kappa shape index (κ3) is 4.45. The Morgan fingerprint density at radius 3 is 2.34 bits per heavy atom. The molecule has 2 aliphatic heterocycles. The predicted octanol–water partition coefficient (Wildman–Crippen LogP) is 1.42.